The summed E-state index contributed by atoms with van der Waals surface area (Å²) in [5.41, 5.74) is 0.182. The second-order valence-electron chi connectivity index (χ2n) is 6.77. The molecular weight excluding hydrogens is 384 g/mol. The average Bonchev–Trinajstić information content (AvgIpc) is 2.75. The lowest BCUT2D eigenvalue weighted by atomic mass is 9.81. The molecule has 4 aromatic rings. The highest BCUT2D eigenvalue weighted by Gasteiger charge is 2.36. The van der Waals surface area contributed by atoms with Gasteiger partial charge in [0, 0.05) is 31.7 Å². The Kier molecular flexibility index (Phi) is 3.93. The van der Waals surface area contributed by atoms with Crippen molar-refractivity contribution in [1.29, 1.82) is 0 Å². The summed E-state index contributed by atoms with van der Waals surface area (Å²) in [6, 6.07) is 21.4. The largest absolute Gasteiger partial charge is 0.506 e. The fourth-order valence-electron chi connectivity index (χ4n) is 3.71. The van der Waals surface area contributed by atoms with E-state index in [0.717, 1.165) is 9.79 Å². The van der Waals surface area contributed by atoms with Gasteiger partial charge in [-0.25, -0.2) is 0 Å². The van der Waals surface area contributed by atoms with Crippen LogP contribution in [0.1, 0.15) is 31.8 Å². The van der Waals surface area contributed by atoms with Gasteiger partial charge in [-0.3, -0.25) is 9.59 Å². The molecule has 140 valence electrons. The van der Waals surface area contributed by atoms with Crippen LogP contribution in [-0.4, -0.2) is 21.8 Å². The lowest BCUT2D eigenvalue weighted by molar-refractivity contribution is 0.0974. The summed E-state index contributed by atoms with van der Waals surface area (Å²) >= 11 is 1.48. The van der Waals surface area contributed by atoms with E-state index in [1.165, 1.54) is 11.8 Å². The quantitative estimate of drug-likeness (QED) is 0.401. The number of benzene rings is 4. The van der Waals surface area contributed by atoms with Crippen LogP contribution in [0.3, 0.4) is 0 Å². The third kappa shape index (κ3) is 2.62. The highest BCUT2D eigenvalue weighted by atomic mass is 32.2. The van der Waals surface area contributed by atoms with Crippen LogP contribution < -0.4 is 0 Å². The predicted octanol–water partition coefficient (Wildman–Crippen LogP) is 5.18. The molecule has 29 heavy (non-hydrogen) atoms. The standard InChI is InChI=1S/C24H14O4S/c25-21-15-8-4-5-9-16(15)22(26)20-19(21)23(27)17-11-10-14(12-18(17)24(20)28)29-13-6-2-1-3-7-13/h1-12,25-26H. The molecule has 5 heteroatoms. The normalized spacial score (nSPS) is 12.7. The molecule has 0 amide bonds. The summed E-state index contributed by atoms with van der Waals surface area (Å²) in [6.45, 7) is 0. The molecular formula is C24H14O4S. The topological polar surface area (TPSA) is 74.6 Å². The van der Waals surface area contributed by atoms with E-state index >= 15 is 0 Å². The van der Waals surface area contributed by atoms with Crippen LogP contribution in [0.4, 0.5) is 0 Å². The molecule has 0 fully saturated rings. The van der Waals surface area contributed by atoms with Gasteiger partial charge in [-0.1, -0.05) is 54.2 Å². The van der Waals surface area contributed by atoms with Gasteiger partial charge in [-0.15, -0.1) is 0 Å². The number of phenols is 2. The van der Waals surface area contributed by atoms with Crippen molar-refractivity contribution < 1.29 is 19.8 Å². The Morgan fingerprint density at radius 1 is 0.586 bits per heavy atom. The van der Waals surface area contributed by atoms with Crippen LogP contribution >= 0.6 is 11.8 Å². The summed E-state index contributed by atoms with van der Waals surface area (Å²) in [5.74, 6) is -1.49. The van der Waals surface area contributed by atoms with Gasteiger partial charge in [0.2, 0.25) is 0 Å². The van der Waals surface area contributed by atoms with Crippen molar-refractivity contribution in [1.82, 2.24) is 0 Å². The van der Waals surface area contributed by atoms with E-state index < -0.39 is 11.6 Å². The molecule has 0 bridgehead atoms. The highest BCUT2D eigenvalue weighted by Crippen LogP contribution is 2.44. The lowest BCUT2D eigenvalue weighted by Gasteiger charge is -2.21. The van der Waals surface area contributed by atoms with E-state index in [4.69, 9.17) is 0 Å². The number of rotatable bonds is 2. The minimum absolute atomic E-state index is 0.137. The molecule has 0 aliphatic heterocycles. The molecule has 4 nitrogen and oxygen atoms in total. The molecule has 0 atom stereocenters. The van der Waals surface area contributed by atoms with E-state index in [2.05, 4.69) is 0 Å². The summed E-state index contributed by atoms with van der Waals surface area (Å²) in [6.07, 6.45) is 0. The Hall–Kier alpha value is -3.57. The van der Waals surface area contributed by atoms with Gasteiger partial charge in [0.25, 0.3) is 0 Å². The van der Waals surface area contributed by atoms with Crippen LogP contribution in [0.5, 0.6) is 11.5 Å². The van der Waals surface area contributed by atoms with E-state index in [0.29, 0.717) is 10.8 Å². The summed E-state index contributed by atoms with van der Waals surface area (Å²) in [7, 11) is 0. The molecule has 4 aromatic carbocycles. The molecule has 0 spiro atoms. The van der Waals surface area contributed by atoms with Crippen molar-refractivity contribution in [3.05, 3.63) is 95.1 Å². The van der Waals surface area contributed by atoms with Gasteiger partial charge in [-0.05, 0) is 30.3 Å². The number of aromatic hydroxyl groups is 2. The number of fused-ring (bicyclic) bond motifs is 3. The smallest absolute Gasteiger partial charge is 0.198 e. The number of carbonyl (C=O) groups is 2. The van der Waals surface area contributed by atoms with Gasteiger partial charge in [0.1, 0.15) is 11.5 Å². The van der Waals surface area contributed by atoms with Crippen LogP contribution in [0.15, 0.2) is 82.6 Å². The number of carbonyl (C=O) groups excluding carboxylic acids is 2. The zero-order valence-electron chi connectivity index (χ0n) is 15.0. The van der Waals surface area contributed by atoms with E-state index in [1.54, 1.807) is 42.5 Å². The van der Waals surface area contributed by atoms with Crippen molar-refractivity contribution in [2.75, 3.05) is 0 Å². The molecule has 1 aliphatic carbocycles. The lowest BCUT2D eigenvalue weighted by Crippen LogP contribution is -2.21. The van der Waals surface area contributed by atoms with Crippen molar-refractivity contribution in [3.63, 3.8) is 0 Å². The Morgan fingerprint density at radius 2 is 1.14 bits per heavy atom. The second-order valence-corrected chi connectivity index (χ2v) is 7.92. The average molecular weight is 398 g/mol. The SMILES string of the molecule is O=C1c2ccc(Sc3ccccc3)cc2C(=O)c2c1c(O)c1ccccc1c2O. The van der Waals surface area contributed by atoms with Crippen molar-refractivity contribution in [2.24, 2.45) is 0 Å². The predicted molar refractivity (Wildman–Crippen MR) is 111 cm³/mol. The van der Waals surface area contributed by atoms with Crippen LogP contribution in [0.25, 0.3) is 10.8 Å². The maximum Gasteiger partial charge on any atom is 0.198 e. The third-order valence-electron chi connectivity index (χ3n) is 5.07. The Morgan fingerprint density at radius 3 is 1.76 bits per heavy atom. The number of phenolic OH excluding ortho intramolecular Hbond substituents is 2. The zero-order chi connectivity index (χ0) is 20.1. The molecule has 1 aliphatic rings. The maximum atomic E-state index is 13.2. The van der Waals surface area contributed by atoms with Crippen molar-refractivity contribution in [2.45, 2.75) is 9.79 Å². The molecule has 0 radical (unpaired) electrons. The molecule has 5 rings (SSSR count). The van der Waals surface area contributed by atoms with Crippen LogP contribution in [0.2, 0.25) is 0 Å². The van der Waals surface area contributed by atoms with Gasteiger partial charge < -0.3 is 10.2 Å². The van der Waals surface area contributed by atoms with E-state index in [1.807, 2.05) is 30.3 Å². The first-order valence-electron chi connectivity index (χ1n) is 8.99. The highest BCUT2D eigenvalue weighted by molar-refractivity contribution is 7.99. The number of ketones is 2. The van der Waals surface area contributed by atoms with Gasteiger partial charge >= 0.3 is 0 Å². The first-order valence-corrected chi connectivity index (χ1v) is 9.81. The molecule has 0 saturated heterocycles. The summed E-state index contributed by atoms with van der Waals surface area (Å²) in [5, 5.41) is 22.1. The third-order valence-corrected chi connectivity index (χ3v) is 6.07. The Balaban J connectivity index is 1.69. The first-order chi connectivity index (χ1) is 14.1. The fourth-order valence-corrected chi connectivity index (χ4v) is 4.59. The van der Waals surface area contributed by atoms with Crippen molar-refractivity contribution in [3.8, 4) is 11.5 Å². The molecule has 0 aromatic heterocycles. The molecule has 0 unspecified atom stereocenters. The maximum absolute atomic E-state index is 13.2. The fraction of sp³-hybridized carbons (Fsp3) is 0. The van der Waals surface area contributed by atoms with Crippen LogP contribution in [0, 0.1) is 0 Å². The molecule has 0 heterocycles. The summed E-state index contributed by atoms with van der Waals surface area (Å²) < 4.78 is 0. The Bertz CT molecular complexity index is 1330. The molecule has 2 N–H and O–H groups in total. The number of hydrogen-bond donors (Lipinski definition) is 2. The minimum atomic E-state index is -0.469. The summed E-state index contributed by atoms with van der Waals surface area (Å²) in [4.78, 5) is 28.2. The zero-order valence-corrected chi connectivity index (χ0v) is 15.9. The van der Waals surface area contributed by atoms with Crippen molar-refractivity contribution >= 4 is 34.1 Å². The first kappa shape index (κ1) is 17.5. The van der Waals surface area contributed by atoms with Gasteiger partial charge in [0.05, 0.1) is 11.1 Å². The number of hydrogen-bond acceptors (Lipinski definition) is 5. The van der Waals surface area contributed by atoms with Gasteiger partial charge in [-0.2, -0.15) is 0 Å². The van der Waals surface area contributed by atoms with Crippen LogP contribution in [-0.2, 0) is 0 Å². The van der Waals surface area contributed by atoms with E-state index in [9.17, 15) is 19.8 Å². The second kappa shape index (κ2) is 6.50. The minimum Gasteiger partial charge on any atom is -0.506 e. The monoisotopic (exact) mass is 398 g/mol. The van der Waals surface area contributed by atoms with E-state index in [-0.39, 0.29) is 33.8 Å². The van der Waals surface area contributed by atoms with Gasteiger partial charge in [0.15, 0.2) is 11.6 Å². The Labute approximate surface area is 170 Å². The molecule has 0 saturated carbocycles.